The van der Waals surface area contributed by atoms with Crippen LogP contribution in [-0.4, -0.2) is 29.9 Å². The van der Waals surface area contributed by atoms with Gasteiger partial charge in [-0.3, -0.25) is 9.69 Å². The minimum Gasteiger partial charge on any atom is -0.325 e. The van der Waals surface area contributed by atoms with E-state index in [9.17, 15) is 4.79 Å². The van der Waals surface area contributed by atoms with Crippen molar-refractivity contribution in [2.24, 2.45) is 11.1 Å². The molecule has 0 aliphatic rings. The van der Waals surface area contributed by atoms with Crippen LogP contribution in [0.5, 0.6) is 0 Å². The molecule has 0 radical (unpaired) electrons. The lowest BCUT2D eigenvalue weighted by molar-refractivity contribution is -0.119. The number of carbonyl (C=O) groups is 1. The summed E-state index contributed by atoms with van der Waals surface area (Å²) >= 11 is 0. The van der Waals surface area contributed by atoms with Gasteiger partial charge in [0.15, 0.2) is 0 Å². The van der Waals surface area contributed by atoms with E-state index in [2.05, 4.69) is 30.1 Å². The molecule has 0 unspecified atom stereocenters. The highest BCUT2D eigenvalue weighted by Gasteiger charge is 2.27. The largest absolute Gasteiger partial charge is 0.325 e. The fourth-order valence-corrected chi connectivity index (χ4v) is 2.07. The molecule has 0 aliphatic carbocycles. The molecule has 0 fully saturated rings. The lowest BCUT2D eigenvalue weighted by Gasteiger charge is -2.26. The topological polar surface area (TPSA) is 58.4 Å². The SMILES string of the molecule is CCN(CC)Cc1cccc(NC(=O)[C@@H](N)C(C)(C)C)c1. The average Bonchev–Trinajstić information content (AvgIpc) is 2.43. The van der Waals surface area contributed by atoms with E-state index in [-0.39, 0.29) is 11.3 Å². The Morgan fingerprint density at radius 3 is 2.43 bits per heavy atom. The third-order valence-electron chi connectivity index (χ3n) is 3.71. The molecule has 0 heterocycles. The van der Waals surface area contributed by atoms with Crippen LogP contribution in [0.15, 0.2) is 24.3 Å². The first-order valence-electron chi connectivity index (χ1n) is 7.65. The zero-order valence-electron chi connectivity index (χ0n) is 13.9. The zero-order valence-corrected chi connectivity index (χ0v) is 13.9. The zero-order chi connectivity index (χ0) is 16.0. The van der Waals surface area contributed by atoms with Crippen molar-refractivity contribution in [1.82, 2.24) is 4.90 Å². The second kappa shape index (κ2) is 7.57. The van der Waals surface area contributed by atoms with Crippen LogP contribution in [0.1, 0.15) is 40.2 Å². The monoisotopic (exact) mass is 291 g/mol. The number of hydrogen-bond donors (Lipinski definition) is 2. The molecule has 1 aromatic rings. The molecule has 4 heteroatoms. The Kier molecular flexibility index (Phi) is 6.37. The van der Waals surface area contributed by atoms with Gasteiger partial charge in [-0.15, -0.1) is 0 Å². The molecule has 4 nitrogen and oxygen atoms in total. The van der Waals surface area contributed by atoms with Gasteiger partial charge in [0, 0.05) is 12.2 Å². The van der Waals surface area contributed by atoms with E-state index in [1.165, 1.54) is 5.56 Å². The molecule has 0 spiro atoms. The Morgan fingerprint density at radius 1 is 1.29 bits per heavy atom. The van der Waals surface area contributed by atoms with Gasteiger partial charge in [-0.05, 0) is 36.2 Å². The van der Waals surface area contributed by atoms with E-state index < -0.39 is 6.04 Å². The van der Waals surface area contributed by atoms with Crippen molar-refractivity contribution in [2.75, 3.05) is 18.4 Å². The van der Waals surface area contributed by atoms with Crippen molar-refractivity contribution in [3.8, 4) is 0 Å². The number of amides is 1. The third-order valence-corrected chi connectivity index (χ3v) is 3.71. The summed E-state index contributed by atoms with van der Waals surface area (Å²) in [5.74, 6) is -0.137. The summed E-state index contributed by atoms with van der Waals surface area (Å²) in [7, 11) is 0. The first kappa shape index (κ1) is 17.7. The van der Waals surface area contributed by atoms with E-state index in [0.29, 0.717) is 0 Å². The number of benzene rings is 1. The van der Waals surface area contributed by atoms with Gasteiger partial charge < -0.3 is 11.1 Å². The average molecular weight is 291 g/mol. The van der Waals surface area contributed by atoms with Crippen molar-refractivity contribution < 1.29 is 4.79 Å². The smallest absolute Gasteiger partial charge is 0.241 e. The maximum atomic E-state index is 12.2. The van der Waals surface area contributed by atoms with E-state index in [1.807, 2.05) is 39.0 Å². The minimum atomic E-state index is -0.524. The molecule has 0 saturated heterocycles. The molecular weight excluding hydrogens is 262 g/mol. The summed E-state index contributed by atoms with van der Waals surface area (Å²) in [5.41, 5.74) is 7.74. The standard InChI is InChI=1S/C17H29N3O/c1-6-20(7-2)12-13-9-8-10-14(11-13)19-16(21)15(18)17(3,4)5/h8-11,15H,6-7,12,18H2,1-5H3,(H,19,21)/t15-/m1/s1. The lowest BCUT2D eigenvalue weighted by Crippen LogP contribution is -2.45. The van der Waals surface area contributed by atoms with E-state index in [1.54, 1.807) is 0 Å². The normalized spacial score (nSPS) is 13.3. The fraction of sp³-hybridized carbons (Fsp3) is 0.588. The van der Waals surface area contributed by atoms with E-state index in [4.69, 9.17) is 5.73 Å². The number of rotatable bonds is 6. The molecule has 21 heavy (non-hydrogen) atoms. The van der Waals surface area contributed by atoms with Gasteiger partial charge in [0.05, 0.1) is 6.04 Å². The minimum absolute atomic E-state index is 0.137. The van der Waals surface area contributed by atoms with Crippen LogP contribution in [0.2, 0.25) is 0 Å². The number of nitrogens with two attached hydrogens (primary N) is 1. The molecule has 1 amide bonds. The predicted molar refractivity (Wildman–Crippen MR) is 89.1 cm³/mol. The number of hydrogen-bond acceptors (Lipinski definition) is 3. The predicted octanol–water partition coefficient (Wildman–Crippen LogP) is 2.84. The molecule has 1 atom stereocenters. The second-order valence-corrected chi connectivity index (χ2v) is 6.49. The summed E-state index contributed by atoms with van der Waals surface area (Å²) in [4.78, 5) is 14.5. The Bertz CT molecular complexity index is 461. The van der Waals surface area contributed by atoms with E-state index in [0.717, 1.165) is 25.3 Å². The Hall–Kier alpha value is -1.39. The van der Waals surface area contributed by atoms with Crippen LogP contribution < -0.4 is 11.1 Å². The molecule has 0 aliphatic heterocycles. The summed E-state index contributed by atoms with van der Waals surface area (Å²) in [6.07, 6.45) is 0. The second-order valence-electron chi connectivity index (χ2n) is 6.49. The number of anilines is 1. The summed E-state index contributed by atoms with van der Waals surface area (Å²) in [6.45, 7) is 13.1. The molecule has 0 saturated carbocycles. The van der Waals surface area contributed by atoms with Crippen molar-refractivity contribution in [3.63, 3.8) is 0 Å². The van der Waals surface area contributed by atoms with Crippen molar-refractivity contribution >= 4 is 11.6 Å². The fourth-order valence-electron chi connectivity index (χ4n) is 2.07. The molecule has 118 valence electrons. The highest BCUT2D eigenvalue weighted by Crippen LogP contribution is 2.19. The number of carbonyl (C=O) groups excluding carboxylic acids is 1. The van der Waals surface area contributed by atoms with Gasteiger partial charge >= 0.3 is 0 Å². The van der Waals surface area contributed by atoms with Gasteiger partial charge in [0.2, 0.25) is 5.91 Å². The quantitative estimate of drug-likeness (QED) is 0.847. The highest BCUT2D eigenvalue weighted by atomic mass is 16.2. The van der Waals surface area contributed by atoms with Gasteiger partial charge in [-0.2, -0.15) is 0 Å². The van der Waals surface area contributed by atoms with Gasteiger partial charge in [0.1, 0.15) is 0 Å². The molecule has 0 bridgehead atoms. The van der Waals surface area contributed by atoms with Gasteiger partial charge in [-0.1, -0.05) is 46.8 Å². The maximum Gasteiger partial charge on any atom is 0.241 e. The van der Waals surface area contributed by atoms with E-state index >= 15 is 0 Å². The lowest BCUT2D eigenvalue weighted by atomic mass is 9.87. The van der Waals surface area contributed by atoms with Crippen molar-refractivity contribution in [3.05, 3.63) is 29.8 Å². The molecule has 3 N–H and O–H groups in total. The van der Waals surface area contributed by atoms with Crippen LogP contribution in [0.25, 0.3) is 0 Å². The summed E-state index contributed by atoms with van der Waals surface area (Å²) < 4.78 is 0. The highest BCUT2D eigenvalue weighted by molar-refractivity contribution is 5.95. The number of nitrogens with zero attached hydrogens (tertiary/aromatic N) is 1. The van der Waals surface area contributed by atoms with Gasteiger partial charge in [-0.25, -0.2) is 0 Å². The third kappa shape index (κ3) is 5.48. The Morgan fingerprint density at radius 2 is 1.90 bits per heavy atom. The maximum absolute atomic E-state index is 12.2. The van der Waals surface area contributed by atoms with Crippen molar-refractivity contribution in [1.29, 1.82) is 0 Å². The van der Waals surface area contributed by atoms with Gasteiger partial charge in [0.25, 0.3) is 0 Å². The van der Waals surface area contributed by atoms with Crippen LogP contribution in [0.4, 0.5) is 5.69 Å². The first-order valence-corrected chi connectivity index (χ1v) is 7.65. The molecule has 1 aromatic carbocycles. The van der Waals surface area contributed by atoms with Crippen LogP contribution >= 0.6 is 0 Å². The van der Waals surface area contributed by atoms with Crippen LogP contribution in [-0.2, 0) is 11.3 Å². The van der Waals surface area contributed by atoms with Crippen LogP contribution in [0, 0.1) is 5.41 Å². The Labute approximate surface area is 128 Å². The molecule has 1 rings (SSSR count). The summed E-state index contributed by atoms with van der Waals surface area (Å²) in [5, 5.41) is 2.92. The Balaban J connectivity index is 2.75. The first-order chi connectivity index (χ1) is 9.77. The van der Waals surface area contributed by atoms with Crippen LogP contribution in [0.3, 0.4) is 0 Å². The molecule has 0 aromatic heterocycles. The number of nitrogens with one attached hydrogen (secondary N) is 1. The summed E-state index contributed by atoms with van der Waals surface area (Å²) in [6, 6.07) is 7.45. The van der Waals surface area contributed by atoms with Crippen molar-refractivity contribution in [2.45, 2.75) is 47.2 Å². The molecular formula is C17H29N3O.